The number of fused-ring (bicyclic) bond motifs is 4. The van der Waals surface area contributed by atoms with Crippen molar-refractivity contribution in [2.75, 3.05) is 16.8 Å². The molecular formula is C18H20N4O2. The Labute approximate surface area is 140 Å². The van der Waals surface area contributed by atoms with E-state index in [4.69, 9.17) is 0 Å². The molecule has 0 saturated carbocycles. The summed E-state index contributed by atoms with van der Waals surface area (Å²) in [5.41, 5.74) is 2.68. The van der Waals surface area contributed by atoms with Gasteiger partial charge in [-0.1, -0.05) is 32.0 Å². The Hall–Kier alpha value is -2.63. The lowest BCUT2D eigenvalue weighted by molar-refractivity contribution is -0.126. The topological polar surface area (TPSA) is 78.1 Å². The molecule has 2 aromatic rings. The Balaban J connectivity index is 2.01. The number of hydrogen-bond donors (Lipinski definition) is 2. The predicted molar refractivity (Wildman–Crippen MR) is 91.0 cm³/mol. The van der Waals surface area contributed by atoms with E-state index in [9.17, 15) is 9.59 Å². The van der Waals surface area contributed by atoms with Crippen LogP contribution in [0.15, 0.2) is 24.4 Å². The van der Waals surface area contributed by atoms with E-state index in [-0.39, 0.29) is 18.2 Å². The highest BCUT2D eigenvalue weighted by molar-refractivity contribution is 6.16. The SMILES string of the molecule is Cc1cccc2c1N(CC(C)C)C(=O)C21CC(=O)Nc2[nH]ncc21. The fourth-order valence-electron chi connectivity index (χ4n) is 4.00. The first-order valence-electron chi connectivity index (χ1n) is 8.21. The highest BCUT2D eigenvalue weighted by Gasteiger charge is 2.56. The largest absolute Gasteiger partial charge is 0.311 e. The number of hydrogen-bond acceptors (Lipinski definition) is 3. The second kappa shape index (κ2) is 4.93. The number of benzene rings is 1. The Morgan fingerprint density at radius 3 is 2.83 bits per heavy atom. The van der Waals surface area contributed by atoms with E-state index in [1.807, 2.05) is 30.0 Å². The molecule has 0 saturated heterocycles. The van der Waals surface area contributed by atoms with Crippen molar-refractivity contribution in [2.45, 2.75) is 32.6 Å². The molecule has 6 heteroatoms. The number of aryl methyl sites for hydroxylation is 1. The normalized spacial score (nSPS) is 22.1. The van der Waals surface area contributed by atoms with Gasteiger partial charge in [0, 0.05) is 18.5 Å². The van der Waals surface area contributed by atoms with Gasteiger partial charge in [-0.2, -0.15) is 5.10 Å². The summed E-state index contributed by atoms with van der Waals surface area (Å²) in [7, 11) is 0. The van der Waals surface area contributed by atoms with Crippen LogP contribution in [0, 0.1) is 12.8 Å². The molecular weight excluding hydrogens is 304 g/mol. The third-order valence-electron chi connectivity index (χ3n) is 4.91. The van der Waals surface area contributed by atoms with Crippen molar-refractivity contribution in [2.24, 2.45) is 5.92 Å². The second-order valence-corrected chi connectivity index (χ2v) is 7.07. The van der Waals surface area contributed by atoms with Crippen LogP contribution in [-0.4, -0.2) is 28.6 Å². The van der Waals surface area contributed by atoms with E-state index < -0.39 is 5.41 Å². The summed E-state index contributed by atoms with van der Waals surface area (Å²) in [6.07, 6.45) is 1.78. The van der Waals surface area contributed by atoms with Crippen molar-refractivity contribution in [3.63, 3.8) is 0 Å². The highest BCUT2D eigenvalue weighted by Crippen LogP contribution is 2.52. The second-order valence-electron chi connectivity index (χ2n) is 7.07. The monoisotopic (exact) mass is 324 g/mol. The number of aromatic amines is 1. The number of rotatable bonds is 2. The fraction of sp³-hybridized carbons (Fsp3) is 0.389. The lowest BCUT2D eigenvalue weighted by atomic mass is 9.71. The van der Waals surface area contributed by atoms with Crippen LogP contribution in [0.25, 0.3) is 0 Å². The molecule has 2 amide bonds. The number of H-pyrrole nitrogens is 1. The molecule has 1 atom stereocenters. The zero-order valence-corrected chi connectivity index (χ0v) is 14.0. The molecule has 124 valence electrons. The maximum Gasteiger partial charge on any atom is 0.242 e. The molecule has 0 aliphatic carbocycles. The lowest BCUT2D eigenvalue weighted by Crippen LogP contribution is -2.47. The quantitative estimate of drug-likeness (QED) is 0.890. The molecule has 1 aromatic carbocycles. The summed E-state index contributed by atoms with van der Waals surface area (Å²) in [6.45, 7) is 6.82. The molecule has 0 radical (unpaired) electrons. The van der Waals surface area contributed by atoms with Gasteiger partial charge in [-0.3, -0.25) is 14.7 Å². The summed E-state index contributed by atoms with van der Waals surface area (Å²) in [5.74, 6) is 0.660. The van der Waals surface area contributed by atoms with Crippen molar-refractivity contribution < 1.29 is 9.59 Å². The molecule has 2 N–H and O–H groups in total. The van der Waals surface area contributed by atoms with Crippen LogP contribution in [0.3, 0.4) is 0 Å². The number of nitrogens with zero attached hydrogens (tertiary/aromatic N) is 2. The van der Waals surface area contributed by atoms with Crippen molar-refractivity contribution in [3.8, 4) is 0 Å². The Morgan fingerprint density at radius 2 is 2.08 bits per heavy atom. The number of anilines is 2. The van der Waals surface area contributed by atoms with Crippen LogP contribution >= 0.6 is 0 Å². The van der Waals surface area contributed by atoms with Crippen molar-refractivity contribution in [3.05, 3.63) is 41.1 Å². The van der Waals surface area contributed by atoms with E-state index in [1.54, 1.807) is 6.20 Å². The maximum absolute atomic E-state index is 13.5. The fourth-order valence-corrected chi connectivity index (χ4v) is 4.00. The summed E-state index contributed by atoms with van der Waals surface area (Å²) >= 11 is 0. The average Bonchev–Trinajstić information content (AvgIpc) is 3.06. The zero-order chi connectivity index (χ0) is 17.1. The summed E-state index contributed by atoms with van der Waals surface area (Å²) in [4.78, 5) is 27.7. The predicted octanol–water partition coefficient (Wildman–Crippen LogP) is 2.35. The molecule has 1 unspecified atom stereocenters. The van der Waals surface area contributed by atoms with E-state index in [2.05, 4.69) is 29.4 Å². The Bertz CT molecular complexity index is 854. The lowest BCUT2D eigenvalue weighted by Gasteiger charge is -2.32. The molecule has 1 aromatic heterocycles. The van der Waals surface area contributed by atoms with Gasteiger partial charge in [-0.15, -0.1) is 0 Å². The summed E-state index contributed by atoms with van der Waals surface area (Å²) in [5, 5.41) is 9.66. The van der Waals surface area contributed by atoms with Gasteiger partial charge >= 0.3 is 0 Å². The molecule has 6 nitrogen and oxygen atoms in total. The standard InChI is InChI=1S/C18H20N4O2/c1-10(2)9-22-15-11(3)5-4-6-12(15)18(17(22)24)7-14(23)20-16-13(18)8-19-21-16/h4-6,8,10H,7,9H2,1-3H3,(H2,19,20,21,23). The molecule has 1 spiro atoms. The van der Waals surface area contributed by atoms with Gasteiger partial charge in [-0.05, 0) is 24.0 Å². The highest BCUT2D eigenvalue weighted by atomic mass is 16.2. The Morgan fingerprint density at radius 1 is 1.29 bits per heavy atom. The van der Waals surface area contributed by atoms with Crippen LogP contribution in [0.4, 0.5) is 11.5 Å². The van der Waals surface area contributed by atoms with Gasteiger partial charge in [0.15, 0.2) is 0 Å². The first kappa shape index (κ1) is 14.9. The molecule has 4 rings (SSSR count). The van der Waals surface area contributed by atoms with E-state index >= 15 is 0 Å². The van der Waals surface area contributed by atoms with Gasteiger partial charge in [0.1, 0.15) is 11.2 Å². The summed E-state index contributed by atoms with van der Waals surface area (Å²) in [6, 6.07) is 5.93. The molecule has 0 bridgehead atoms. The molecule has 2 aliphatic rings. The Kier molecular flexibility index (Phi) is 3.07. The van der Waals surface area contributed by atoms with E-state index in [0.717, 1.165) is 22.4 Å². The smallest absolute Gasteiger partial charge is 0.242 e. The molecule has 24 heavy (non-hydrogen) atoms. The van der Waals surface area contributed by atoms with Gasteiger partial charge in [0.2, 0.25) is 11.8 Å². The van der Waals surface area contributed by atoms with Gasteiger partial charge in [0.25, 0.3) is 0 Å². The third kappa shape index (κ3) is 1.79. The maximum atomic E-state index is 13.5. The van der Waals surface area contributed by atoms with Crippen molar-refractivity contribution in [1.29, 1.82) is 0 Å². The van der Waals surface area contributed by atoms with Gasteiger partial charge in [-0.25, -0.2) is 0 Å². The van der Waals surface area contributed by atoms with Crippen LogP contribution in [0.2, 0.25) is 0 Å². The third-order valence-corrected chi connectivity index (χ3v) is 4.91. The number of carbonyl (C=O) groups is 2. The zero-order valence-electron chi connectivity index (χ0n) is 14.0. The minimum absolute atomic E-state index is 0.0296. The van der Waals surface area contributed by atoms with Crippen LogP contribution in [0.1, 0.15) is 37.0 Å². The minimum atomic E-state index is -0.971. The summed E-state index contributed by atoms with van der Waals surface area (Å²) < 4.78 is 0. The van der Waals surface area contributed by atoms with Crippen molar-refractivity contribution in [1.82, 2.24) is 10.2 Å². The molecule has 0 fully saturated rings. The van der Waals surface area contributed by atoms with Gasteiger partial charge < -0.3 is 10.2 Å². The first-order chi connectivity index (χ1) is 11.4. The number of nitrogens with one attached hydrogen (secondary N) is 2. The van der Waals surface area contributed by atoms with Crippen LogP contribution in [0.5, 0.6) is 0 Å². The average molecular weight is 324 g/mol. The number of carbonyl (C=O) groups excluding carboxylic acids is 2. The van der Waals surface area contributed by atoms with E-state index in [0.29, 0.717) is 18.3 Å². The van der Waals surface area contributed by atoms with Crippen molar-refractivity contribution >= 4 is 23.3 Å². The van der Waals surface area contributed by atoms with Crippen LogP contribution < -0.4 is 10.2 Å². The number of para-hydroxylation sites is 1. The van der Waals surface area contributed by atoms with Gasteiger partial charge in [0.05, 0.1) is 11.9 Å². The molecule has 3 heterocycles. The van der Waals surface area contributed by atoms with E-state index in [1.165, 1.54) is 0 Å². The molecule has 2 aliphatic heterocycles. The number of aromatic nitrogens is 2. The minimum Gasteiger partial charge on any atom is -0.311 e. The van der Waals surface area contributed by atoms with Crippen LogP contribution in [-0.2, 0) is 15.0 Å². The number of amides is 2. The first-order valence-corrected chi connectivity index (χ1v) is 8.21.